The van der Waals surface area contributed by atoms with Crippen LogP contribution in [0.25, 0.3) is 22.2 Å². The van der Waals surface area contributed by atoms with Crippen molar-refractivity contribution in [2.45, 2.75) is 6.92 Å². The van der Waals surface area contributed by atoms with Crippen LogP contribution in [0.15, 0.2) is 69.2 Å². The Morgan fingerprint density at radius 1 is 1.12 bits per heavy atom. The van der Waals surface area contributed by atoms with E-state index >= 15 is 0 Å². The van der Waals surface area contributed by atoms with Gasteiger partial charge < -0.3 is 9.73 Å². The molecule has 0 atom stereocenters. The van der Waals surface area contributed by atoms with Gasteiger partial charge in [-0.1, -0.05) is 30.3 Å². The Balaban J connectivity index is 1.58. The van der Waals surface area contributed by atoms with Gasteiger partial charge in [-0.3, -0.25) is 4.79 Å². The van der Waals surface area contributed by atoms with Gasteiger partial charge >= 0.3 is 5.63 Å². The molecule has 0 fully saturated rings. The maximum atomic E-state index is 12.5. The van der Waals surface area contributed by atoms with Gasteiger partial charge in [-0.15, -0.1) is 11.3 Å². The highest BCUT2D eigenvalue weighted by Crippen LogP contribution is 2.23. The molecular weight excluding hydrogens is 348 g/mol. The Hall–Kier alpha value is -3.25. The van der Waals surface area contributed by atoms with Gasteiger partial charge in [0.2, 0.25) is 0 Å². The van der Waals surface area contributed by atoms with Gasteiger partial charge in [0.15, 0.2) is 0 Å². The van der Waals surface area contributed by atoms with Crippen LogP contribution in [0.5, 0.6) is 0 Å². The summed E-state index contributed by atoms with van der Waals surface area (Å²) in [6.07, 6.45) is 0. The third-order valence-electron chi connectivity index (χ3n) is 3.94. The number of fused-ring (bicyclic) bond motifs is 1. The van der Waals surface area contributed by atoms with Crippen molar-refractivity contribution in [3.8, 4) is 11.3 Å². The first kappa shape index (κ1) is 16.2. The molecule has 0 radical (unpaired) electrons. The summed E-state index contributed by atoms with van der Waals surface area (Å²) in [5.74, 6) is -0.498. The predicted molar refractivity (Wildman–Crippen MR) is 103 cm³/mol. The number of hydrogen-bond donors (Lipinski definition) is 1. The van der Waals surface area contributed by atoms with Gasteiger partial charge in [0, 0.05) is 22.0 Å². The highest BCUT2D eigenvalue weighted by molar-refractivity contribution is 7.09. The monoisotopic (exact) mass is 362 g/mol. The molecular formula is C20H14N2O3S. The molecule has 0 aliphatic rings. The Labute approximate surface area is 152 Å². The molecule has 5 nitrogen and oxygen atoms in total. The predicted octanol–water partition coefficient (Wildman–Crippen LogP) is 4.48. The van der Waals surface area contributed by atoms with Gasteiger partial charge in [-0.2, -0.15) is 0 Å². The zero-order valence-corrected chi connectivity index (χ0v) is 14.7. The fourth-order valence-corrected chi connectivity index (χ4v) is 3.26. The topological polar surface area (TPSA) is 72.2 Å². The minimum Gasteiger partial charge on any atom is -0.422 e. The quantitative estimate of drug-likeness (QED) is 0.546. The second kappa shape index (κ2) is 6.57. The van der Waals surface area contributed by atoms with Crippen LogP contribution < -0.4 is 10.9 Å². The molecule has 4 rings (SSSR count). The van der Waals surface area contributed by atoms with Crippen molar-refractivity contribution >= 4 is 33.9 Å². The number of aryl methyl sites for hydroxylation is 1. The number of benzene rings is 2. The highest BCUT2D eigenvalue weighted by Gasteiger charge is 2.14. The molecule has 2 aromatic heterocycles. The third-order valence-corrected chi connectivity index (χ3v) is 4.72. The lowest BCUT2D eigenvalue weighted by Crippen LogP contribution is -2.20. The molecule has 1 amide bonds. The van der Waals surface area contributed by atoms with Gasteiger partial charge in [-0.05, 0) is 31.2 Å². The number of nitrogens with one attached hydrogen (secondary N) is 1. The summed E-state index contributed by atoms with van der Waals surface area (Å²) < 4.78 is 5.21. The van der Waals surface area contributed by atoms with Crippen LogP contribution in [0.1, 0.15) is 15.4 Å². The number of para-hydroxylation sites is 1. The first-order valence-corrected chi connectivity index (χ1v) is 8.85. The Kier molecular flexibility index (Phi) is 4.10. The molecule has 128 valence electrons. The fourth-order valence-electron chi connectivity index (χ4n) is 2.64. The molecule has 0 saturated heterocycles. The van der Waals surface area contributed by atoms with E-state index in [0.717, 1.165) is 16.3 Å². The maximum Gasteiger partial charge on any atom is 0.349 e. The largest absolute Gasteiger partial charge is 0.422 e. The van der Waals surface area contributed by atoms with E-state index in [1.54, 1.807) is 47.7 Å². The summed E-state index contributed by atoms with van der Waals surface area (Å²) in [4.78, 5) is 29.0. The summed E-state index contributed by atoms with van der Waals surface area (Å²) in [5, 5.41) is 6.42. The van der Waals surface area contributed by atoms with Crippen molar-refractivity contribution in [1.82, 2.24) is 4.98 Å². The lowest BCUT2D eigenvalue weighted by Gasteiger charge is -2.06. The maximum absolute atomic E-state index is 12.5. The number of hydrogen-bond acceptors (Lipinski definition) is 5. The molecule has 0 bridgehead atoms. The number of carbonyl (C=O) groups is 1. The average molecular weight is 362 g/mol. The van der Waals surface area contributed by atoms with Crippen LogP contribution >= 0.6 is 11.3 Å². The van der Waals surface area contributed by atoms with Crippen molar-refractivity contribution in [1.29, 1.82) is 0 Å². The first-order chi connectivity index (χ1) is 12.6. The fraction of sp³-hybridized carbons (Fsp3) is 0.0500. The van der Waals surface area contributed by atoms with E-state index in [1.165, 1.54) is 0 Å². The standard InChI is InChI=1S/C20H14N2O3S/c1-12-21-17(11-26-12)13-6-8-15(9-7-13)22-19(23)16-10-14-4-2-3-5-18(14)25-20(16)24/h2-11H,1H3,(H,22,23). The number of nitrogens with zero attached hydrogens (tertiary/aromatic N) is 1. The lowest BCUT2D eigenvalue weighted by atomic mass is 10.1. The van der Waals surface area contributed by atoms with Crippen molar-refractivity contribution in [3.63, 3.8) is 0 Å². The molecule has 6 heteroatoms. The normalized spacial score (nSPS) is 10.8. The van der Waals surface area contributed by atoms with Crippen molar-refractivity contribution in [2.24, 2.45) is 0 Å². The second-order valence-corrected chi connectivity index (χ2v) is 6.83. The van der Waals surface area contributed by atoms with Gasteiger partial charge in [0.1, 0.15) is 11.1 Å². The zero-order valence-electron chi connectivity index (χ0n) is 13.9. The molecule has 2 aromatic carbocycles. The SMILES string of the molecule is Cc1nc(-c2ccc(NC(=O)c3cc4ccccc4oc3=O)cc2)cs1. The van der Waals surface area contributed by atoms with Crippen LogP contribution in [0, 0.1) is 6.92 Å². The first-order valence-electron chi connectivity index (χ1n) is 7.97. The van der Waals surface area contributed by atoms with E-state index in [4.69, 9.17) is 4.42 Å². The van der Waals surface area contributed by atoms with E-state index in [1.807, 2.05) is 30.5 Å². The molecule has 0 aliphatic heterocycles. The van der Waals surface area contributed by atoms with Crippen molar-refractivity contribution in [2.75, 3.05) is 5.32 Å². The Bertz CT molecular complexity index is 1160. The van der Waals surface area contributed by atoms with E-state index in [9.17, 15) is 9.59 Å². The summed E-state index contributed by atoms with van der Waals surface area (Å²) in [6, 6.07) is 16.0. The summed E-state index contributed by atoms with van der Waals surface area (Å²) >= 11 is 1.59. The molecule has 2 heterocycles. The Morgan fingerprint density at radius 2 is 1.88 bits per heavy atom. The van der Waals surface area contributed by atoms with E-state index in [0.29, 0.717) is 16.7 Å². The van der Waals surface area contributed by atoms with Gasteiger partial charge in [-0.25, -0.2) is 9.78 Å². The molecule has 4 aromatic rings. The number of thiazole rings is 1. The molecule has 1 N–H and O–H groups in total. The lowest BCUT2D eigenvalue weighted by molar-refractivity contribution is 0.102. The number of carbonyl (C=O) groups excluding carboxylic acids is 1. The van der Waals surface area contributed by atoms with Crippen LogP contribution in [-0.4, -0.2) is 10.9 Å². The molecule has 0 aliphatic carbocycles. The number of rotatable bonds is 3. The van der Waals surface area contributed by atoms with Crippen molar-refractivity contribution < 1.29 is 9.21 Å². The second-order valence-electron chi connectivity index (χ2n) is 5.77. The number of aromatic nitrogens is 1. The zero-order chi connectivity index (χ0) is 18.1. The van der Waals surface area contributed by atoms with Gasteiger partial charge in [0.05, 0.1) is 10.7 Å². The van der Waals surface area contributed by atoms with Crippen LogP contribution in [0.4, 0.5) is 5.69 Å². The molecule has 0 spiro atoms. The summed E-state index contributed by atoms with van der Waals surface area (Å²) in [7, 11) is 0. The van der Waals surface area contributed by atoms with E-state index < -0.39 is 11.5 Å². The van der Waals surface area contributed by atoms with E-state index in [-0.39, 0.29) is 5.56 Å². The van der Waals surface area contributed by atoms with Crippen LogP contribution in [0.3, 0.4) is 0 Å². The minimum absolute atomic E-state index is 0.0251. The van der Waals surface area contributed by atoms with Crippen LogP contribution in [0.2, 0.25) is 0 Å². The number of anilines is 1. The van der Waals surface area contributed by atoms with Gasteiger partial charge in [0.25, 0.3) is 5.91 Å². The smallest absolute Gasteiger partial charge is 0.349 e. The highest BCUT2D eigenvalue weighted by atomic mass is 32.1. The number of amides is 1. The van der Waals surface area contributed by atoms with E-state index in [2.05, 4.69) is 10.3 Å². The summed E-state index contributed by atoms with van der Waals surface area (Å²) in [5.41, 5.74) is 2.24. The average Bonchev–Trinajstić information content (AvgIpc) is 3.08. The molecule has 0 unspecified atom stereocenters. The minimum atomic E-state index is -0.657. The Morgan fingerprint density at radius 3 is 2.62 bits per heavy atom. The summed E-state index contributed by atoms with van der Waals surface area (Å²) in [6.45, 7) is 1.96. The molecule has 26 heavy (non-hydrogen) atoms. The molecule has 0 saturated carbocycles. The van der Waals surface area contributed by atoms with Crippen molar-refractivity contribution in [3.05, 3.63) is 81.0 Å². The third kappa shape index (κ3) is 3.14. The van der Waals surface area contributed by atoms with Crippen LogP contribution in [-0.2, 0) is 0 Å².